The number of rotatable bonds is 6. The van der Waals surface area contributed by atoms with Crippen molar-refractivity contribution in [3.8, 4) is 0 Å². The second-order valence-electron chi connectivity index (χ2n) is 9.07. The number of carbonyl (C=O) groups is 2. The monoisotopic (exact) mass is 400 g/mol. The first-order valence-electron chi connectivity index (χ1n) is 11.3. The molecule has 0 spiro atoms. The highest BCUT2D eigenvalue weighted by Crippen LogP contribution is 2.29. The molecule has 160 valence electrons. The largest absolute Gasteiger partial charge is 0.397 e. The summed E-state index contributed by atoms with van der Waals surface area (Å²) in [6, 6.07) is 2.04. The molecule has 0 saturated heterocycles. The lowest BCUT2D eigenvalue weighted by molar-refractivity contribution is -0.126. The SMILES string of the molecule is Cc1ncc(C(=O)NC2CCC(NC(=O)[C@H](C)CC3CCCCC3)CC2)cc1N. The van der Waals surface area contributed by atoms with E-state index >= 15 is 0 Å². The molecule has 1 atom stereocenters. The van der Waals surface area contributed by atoms with Crippen molar-refractivity contribution in [3.63, 3.8) is 0 Å². The van der Waals surface area contributed by atoms with Crippen LogP contribution in [0.25, 0.3) is 0 Å². The number of aryl methyl sites for hydroxylation is 1. The molecular weight excluding hydrogens is 364 g/mol. The average molecular weight is 401 g/mol. The normalized spacial score (nSPS) is 23.9. The Kier molecular flexibility index (Phi) is 7.51. The van der Waals surface area contributed by atoms with Crippen molar-refractivity contribution in [1.29, 1.82) is 0 Å². The molecule has 2 aliphatic rings. The fourth-order valence-electron chi connectivity index (χ4n) is 4.70. The molecular formula is C23H36N4O2. The molecule has 2 aliphatic carbocycles. The Morgan fingerprint density at radius 2 is 1.69 bits per heavy atom. The number of nitrogens with two attached hydrogens (primary N) is 1. The van der Waals surface area contributed by atoms with Gasteiger partial charge in [-0.15, -0.1) is 0 Å². The summed E-state index contributed by atoms with van der Waals surface area (Å²) < 4.78 is 0. The van der Waals surface area contributed by atoms with Crippen LogP contribution >= 0.6 is 0 Å². The van der Waals surface area contributed by atoms with E-state index in [9.17, 15) is 9.59 Å². The average Bonchev–Trinajstić information content (AvgIpc) is 2.72. The predicted octanol–water partition coefficient (Wildman–Crippen LogP) is 3.74. The van der Waals surface area contributed by atoms with E-state index in [2.05, 4.69) is 22.5 Å². The highest BCUT2D eigenvalue weighted by molar-refractivity contribution is 5.95. The van der Waals surface area contributed by atoms with Gasteiger partial charge in [0.1, 0.15) is 0 Å². The van der Waals surface area contributed by atoms with Crippen molar-refractivity contribution in [2.24, 2.45) is 11.8 Å². The number of nitrogen functional groups attached to an aromatic ring is 1. The van der Waals surface area contributed by atoms with Crippen LogP contribution in [0.1, 0.15) is 87.2 Å². The highest BCUT2D eigenvalue weighted by Gasteiger charge is 2.26. The van der Waals surface area contributed by atoms with Gasteiger partial charge in [0, 0.05) is 24.2 Å². The number of hydrogen-bond acceptors (Lipinski definition) is 4. The zero-order valence-corrected chi connectivity index (χ0v) is 17.9. The molecule has 0 aromatic carbocycles. The van der Waals surface area contributed by atoms with Crippen LogP contribution < -0.4 is 16.4 Å². The van der Waals surface area contributed by atoms with Gasteiger partial charge in [-0.05, 0) is 51.0 Å². The molecule has 0 unspecified atom stereocenters. The lowest BCUT2D eigenvalue weighted by Crippen LogP contribution is -2.45. The Balaban J connectivity index is 1.39. The van der Waals surface area contributed by atoms with Crippen LogP contribution in [0.4, 0.5) is 5.69 Å². The topological polar surface area (TPSA) is 97.1 Å². The maximum absolute atomic E-state index is 12.6. The molecule has 3 rings (SSSR count). The zero-order chi connectivity index (χ0) is 20.8. The van der Waals surface area contributed by atoms with Gasteiger partial charge in [-0.25, -0.2) is 0 Å². The van der Waals surface area contributed by atoms with E-state index in [1.807, 2.05) is 6.92 Å². The van der Waals surface area contributed by atoms with Crippen LogP contribution in [0.2, 0.25) is 0 Å². The summed E-state index contributed by atoms with van der Waals surface area (Å²) in [6.07, 6.45) is 12.7. The summed E-state index contributed by atoms with van der Waals surface area (Å²) in [5.41, 5.74) is 7.62. The number of aromatic nitrogens is 1. The van der Waals surface area contributed by atoms with E-state index in [1.165, 1.54) is 32.1 Å². The molecule has 2 amide bonds. The first-order valence-corrected chi connectivity index (χ1v) is 11.3. The lowest BCUT2D eigenvalue weighted by Gasteiger charge is -2.31. The third-order valence-corrected chi connectivity index (χ3v) is 6.66. The predicted molar refractivity (Wildman–Crippen MR) is 115 cm³/mol. The third-order valence-electron chi connectivity index (χ3n) is 6.66. The first kappa shape index (κ1) is 21.6. The first-order chi connectivity index (χ1) is 13.9. The summed E-state index contributed by atoms with van der Waals surface area (Å²) in [6.45, 7) is 3.89. The molecule has 6 heteroatoms. The summed E-state index contributed by atoms with van der Waals surface area (Å²) in [4.78, 5) is 29.2. The Hall–Kier alpha value is -2.11. The standard InChI is InChI=1S/C23H36N4O2/c1-15(12-17-6-4-3-5-7-17)22(28)26-19-8-10-20(11-9-19)27-23(29)18-13-21(24)16(2)25-14-18/h13-15,17,19-20H,3-12,24H2,1-2H3,(H,26,28)(H,27,29)/t15-,19?,20?/m1/s1. The van der Waals surface area contributed by atoms with Crippen LogP contribution in [-0.2, 0) is 4.79 Å². The molecule has 29 heavy (non-hydrogen) atoms. The molecule has 2 saturated carbocycles. The van der Waals surface area contributed by atoms with E-state index in [0.717, 1.165) is 43.7 Å². The van der Waals surface area contributed by atoms with Crippen LogP contribution in [0.3, 0.4) is 0 Å². The minimum absolute atomic E-state index is 0.0926. The number of nitrogens with one attached hydrogen (secondary N) is 2. The van der Waals surface area contributed by atoms with Gasteiger partial charge in [0.2, 0.25) is 5.91 Å². The number of nitrogens with zero attached hydrogens (tertiary/aromatic N) is 1. The molecule has 1 heterocycles. The Labute approximate surface area is 174 Å². The lowest BCUT2D eigenvalue weighted by atomic mass is 9.83. The molecule has 1 aromatic rings. The minimum Gasteiger partial charge on any atom is -0.397 e. The fraction of sp³-hybridized carbons (Fsp3) is 0.696. The molecule has 0 bridgehead atoms. The van der Waals surface area contributed by atoms with Gasteiger partial charge in [0.25, 0.3) is 5.91 Å². The van der Waals surface area contributed by atoms with Crippen molar-refractivity contribution < 1.29 is 9.59 Å². The maximum atomic E-state index is 12.6. The van der Waals surface area contributed by atoms with Gasteiger partial charge in [-0.2, -0.15) is 0 Å². The van der Waals surface area contributed by atoms with Gasteiger partial charge < -0.3 is 16.4 Å². The highest BCUT2D eigenvalue weighted by atomic mass is 16.2. The Morgan fingerprint density at radius 1 is 1.07 bits per heavy atom. The zero-order valence-electron chi connectivity index (χ0n) is 17.9. The van der Waals surface area contributed by atoms with E-state index < -0.39 is 0 Å². The number of amides is 2. The van der Waals surface area contributed by atoms with Gasteiger partial charge in [-0.1, -0.05) is 39.0 Å². The molecule has 2 fully saturated rings. The minimum atomic E-state index is -0.127. The van der Waals surface area contributed by atoms with Crippen LogP contribution in [0.15, 0.2) is 12.3 Å². The summed E-state index contributed by atoms with van der Waals surface area (Å²) in [5, 5.41) is 6.33. The van der Waals surface area contributed by atoms with E-state index in [-0.39, 0.29) is 29.8 Å². The van der Waals surface area contributed by atoms with E-state index in [1.54, 1.807) is 12.3 Å². The van der Waals surface area contributed by atoms with Crippen LogP contribution in [0.5, 0.6) is 0 Å². The number of carbonyl (C=O) groups excluding carboxylic acids is 2. The van der Waals surface area contributed by atoms with Crippen molar-refractivity contribution in [2.75, 3.05) is 5.73 Å². The second kappa shape index (κ2) is 10.1. The van der Waals surface area contributed by atoms with E-state index in [4.69, 9.17) is 5.73 Å². The number of pyridine rings is 1. The van der Waals surface area contributed by atoms with Gasteiger partial charge in [-0.3, -0.25) is 14.6 Å². The van der Waals surface area contributed by atoms with Crippen molar-refractivity contribution in [3.05, 3.63) is 23.5 Å². The maximum Gasteiger partial charge on any atom is 0.253 e. The number of hydrogen-bond donors (Lipinski definition) is 3. The summed E-state index contributed by atoms with van der Waals surface area (Å²) in [7, 11) is 0. The fourth-order valence-corrected chi connectivity index (χ4v) is 4.70. The van der Waals surface area contributed by atoms with E-state index in [0.29, 0.717) is 11.3 Å². The Bertz CT molecular complexity index is 707. The van der Waals surface area contributed by atoms with Gasteiger partial charge in [0.15, 0.2) is 0 Å². The number of anilines is 1. The van der Waals surface area contributed by atoms with Gasteiger partial charge in [0.05, 0.1) is 16.9 Å². The van der Waals surface area contributed by atoms with Gasteiger partial charge >= 0.3 is 0 Å². The molecule has 0 aliphatic heterocycles. The second-order valence-corrected chi connectivity index (χ2v) is 9.07. The molecule has 1 aromatic heterocycles. The van der Waals surface area contributed by atoms with Crippen molar-refractivity contribution >= 4 is 17.5 Å². The molecule has 0 radical (unpaired) electrons. The van der Waals surface area contributed by atoms with Crippen molar-refractivity contribution in [2.45, 2.75) is 90.1 Å². The Morgan fingerprint density at radius 3 is 2.31 bits per heavy atom. The van der Waals surface area contributed by atoms with Crippen LogP contribution in [-0.4, -0.2) is 28.9 Å². The third kappa shape index (κ3) is 6.18. The smallest absolute Gasteiger partial charge is 0.253 e. The summed E-state index contributed by atoms with van der Waals surface area (Å²) in [5.74, 6) is 0.887. The quantitative estimate of drug-likeness (QED) is 0.678. The molecule has 6 nitrogen and oxygen atoms in total. The van der Waals surface area contributed by atoms with Crippen LogP contribution in [0, 0.1) is 18.8 Å². The molecule has 4 N–H and O–H groups in total. The van der Waals surface area contributed by atoms with Crippen molar-refractivity contribution in [1.82, 2.24) is 15.6 Å². The summed E-state index contributed by atoms with van der Waals surface area (Å²) >= 11 is 0.